The zero-order valence-electron chi connectivity index (χ0n) is 19.0. The summed E-state index contributed by atoms with van der Waals surface area (Å²) in [4.78, 5) is 30.8. The number of para-hydroxylation sites is 2. The highest BCUT2D eigenvalue weighted by molar-refractivity contribution is 7.80. The average Bonchev–Trinajstić information content (AvgIpc) is 3.33. The molecule has 9 nitrogen and oxygen atoms in total. The van der Waals surface area contributed by atoms with E-state index in [0.29, 0.717) is 37.7 Å². The van der Waals surface area contributed by atoms with Crippen LogP contribution in [0.2, 0.25) is 0 Å². The van der Waals surface area contributed by atoms with Crippen LogP contribution >= 0.6 is 23.6 Å². The fourth-order valence-electron chi connectivity index (χ4n) is 3.99. The van der Waals surface area contributed by atoms with Crippen LogP contribution in [0.15, 0.2) is 66.7 Å². The third-order valence-electron chi connectivity index (χ3n) is 5.71. The second kappa shape index (κ2) is 10.4. The first-order valence-corrected chi connectivity index (χ1v) is 12.4. The predicted octanol–water partition coefficient (Wildman–Crippen LogP) is 4.83. The largest absolute Gasteiger partial charge is 0.378 e. The van der Waals surface area contributed by atoms with E-state index in [2.05, 4.69) is 10.6 Å². The lowest BCUT2D eigenvalue weighted by Crippen LogP contribution is -2.39. The fourth-order valence-corrected chi connectivity index (χ4v) is 5.20. The summed E-state index contributed by atoms with van der Waals surface area (Å²) in [5.41, 5.74) is 3.05. The number of benzene rings is 3. The molecule has 2 heterocycles. The number of hydrogen-bond acceptors (Lipinski definition) is 8. The van der Waals surface area contributed by atoms with E-state index in [4.69, 9.17) is 21.9 Å². The lowest BCUT2D eigenvalue weighted by Gasteiger charge is -2.30. The molecule has 2 N–H and O–H groups in total. The van der Waals surface area contributed by atoms with Crippen molar-refractivity contribution >= 4 is 61.9 Å². The Morgan fingerprint density at radius 2 is 1.83 bits per heavy atom. The molecule has 182 valence electrons. The second-order valence-corrected chi connectivity index (χ2v) is 9.44. The van der Waals surface area contributed by atoms with Crippen molar-refractivity contribution in [2.75, 3.05) is 36.5 Å². The third kappa shape index (κ3) is 5.03. The topological polar surface area (TPSA) is 110 Å². The molecule has 1 aliphatic rings. The molecule has 5 rings (SSSR count). The molecule has 4 aromatic rings. The Hall–Kier alpha value is -3.93. The molecule has 1 aromatic heterocycles. The number of thiazole rings is 1. The van der Waals surface area contributed by atoms with Crippen LogP contribution in [0.1, 0.15) is 10.4 Å². The van der Waals surface area contributed by atoms with Gasteiger partial charge in [-0.2, -0.15) is 0 Å². The Kier molecular flexibility index (Phi) is 6.85. The number of carbonyl (C=O) groups is 1. The van der Waals surface area contributed by atoms with Crippen molar-refractivity contribution < 1.29 is 14.5 Å². The van der Waals surface area contributed by atoms with Crippen LogP contribution in [0.25, 0.3) is 20.8 Å². The molecular formula is C25H21N5O4S2. The van der Waals surface area contributed by atoms with Gasteiger partial charge in [0.05, 0.1) is 45.3 Å². The van der Waals surface area contributed by atoms with Crippen molar-refractivity contribution in [3.63, 3.8) is 0 Å². The number of anilines is 2. The van der Waals surface area contributed by atoms with E-state index in [1.54, 1.807) is 17.4 Å². The van der Waals surface area contributed by atoms with Crippen molar-refractivity contribution in [3.05, 3.63) is 82.4 Å². The maximum Gasteiger partial charge on any atom is 0.270 e. The monoisotopic (exact) mass is 519 g/mol. The minimum Gasteiger partial charge on any atom is -0.378 e. The molecule has 36 heavy (non-hydrogen) atoms. The molecular weight excluding hydrogens is 498 g/mol. The van der Waals surface area contributed by atoms with Crippen LogP contribution < -0.4 is 15.5 Å². The van der Waals surface area contributed by atoms with Gasteiger partial charge in [-0.05, 0) is 42.5 Å². The van der Waals surface area contributed by atoms with Gasteiger partial charge in [0.1, 0.15) is 5.01 Å². The molecule has 11 heteroatoms. The van der Waals surface area contributed by atoms with Crippen molar-refractivity contribution in [1.29, 1.82) is 0 Å². The number of nitrogens with one attached hydrogen (secondary N) is 2. The standard InChI is InChI=1S/C25H21N5O4S2/c31-23(18-15-16(30(32)33)9-10-21(18)29-11-13-34-14-12-29)28-25(35)27-19-6-2-1-5-17(19)24-26-20-7-3-4-8-22(20)36-24/h1-10,15H,11-14H2,(H2,27,28,31,35). The maximum absolute atomic E-state index is 13.2. The summed E-state index contributed by atoms with van der Waals surface area (Å²) < 4.78 is 6.46. The van der Waals surface area contributed by atoms with Crippen LogP contribution in [0.5, 0.6) is 0 Å². The van der Waals surface area contributed by atoms with Gasteiger partial charge in [-0.1, -0.05) is 24.3 Å². The lowest BCUT2D eigenvalue weighted by molar-refractivity contribution is -0.384. The van der Waals surface area contributed by atoms with Crippen LogP contribution in [-0.2, 0) is 4.74 Å². The number of carbonyl (C=O) groups excluding carboxylic acids is 1. The van der Waals surface area contributed by atoms with E-state index in [0.717, 1.165) is 20.8 Å². The molecule has 0 aliphatic carbocycles. The van der Waals surface area contributed by atoms with Gasteiger partial charge in [0.25, 0.3) is 11.6 Å². The first kappa shape index (κ1) is 23.8. The number of non-ortho nitro benzene ring substituents is 1. The van der Waals surface area contributed by atoms with Gasteiger partial charge in [-0.15, -0.1) is 11.3 Å². The van der Waals surface area contributed by atoms with Crippen molar-refractivity contribution in [1.82, 2.24) is 10.3 Å². The summed E-state index contributed by atoms with van der Waals surface area (Å²) >= 11 is 7.01. The van der Waals surface area contributed by atoms with Crippen molar-refractivity contribution in [2.45, 2.75) is 0 Å². The summed E-state index contributed by atoms with van der Waals surface area (Å²) in [6, 6.07) is 19.7. The number of nitro groups is 1. The molecule has 1 amide bonds. The van der Waals surface area contributed by atoms with Gasteiger partial charge < -0.3 is 15.0 Å². The fraction of sp³-hybridized carbons (Fsp3) is 0.160. The number of aromatic nitrogens is 1. The van der Waals surface area contributed by atoms with E-state index in [1.165, 1.54) is 12.1 Å². The Bertz CT molecular complexity index is 1430. The molecule has 3 aromatic carbocycles. The Morgan fingerprint density at radius 1 is 1.08 bits per heavy atom. The number of morpholine rings is 1. The van der Waals surface area contributed by atoms with Crippen LogP contribution in [0.3, 0.4) is 0 Å². The number of rotatable bonds is 5. The van der Waals surface area contributed by atoms with Crippen LogP contribution in [-0.4, -0.2) is 47.2 Å². The molecule has 0 atom stereocenters. The van der Waals surface area contributed by atoms with E-state index in [9.17, 15) is 14.9 Å². The molecule has 0 spiro atoms. The molecule has 0 unspecified atom stereocenters. The van der Waals surface area contributed by atoms with Crippen molar-refractivity contribution in [3.8, 4) is 10.6 Å². The maximum atomic E-state index is 13.2. The normalized spacial score (nSPS) is 13.4. The highest BCUT2D eigenvalue weighted by Crippen LogP contribution is 2.34. The minimum atomic E-state index is -0.532. The average molecular weight is 520 g/mol. The number of nitrogens with zero attached hydrogens (tertiary/aromatic N) is 3. The lowest BCUT2D eigenvalue weighted by atomic mass is 10.1. The Labute approximate surface area is 215 Å². The van der Waals surface area contributed by atoms with E-state index < -0.39 is 10.8 Å². The SMILES string of the molecule is O=C(NC(=S)Nc1ccccc1-c1nc2ccccc2s1)c1cc([N+](=O)[O-])ccc1N1CCOCC1. The molecule has 1 aliphatic heterocycles. The summed E-state index contributed by atoms with van der Waals surface area (Å²) in [5.74, 6) is -0.532. The van der Waals surface area contributed by atoms with Gasteiger partial charge in [-0.3, -0.25) is 20.2 Å². The molecule has 0 bridgehead atoms. The zero-order chi connectivity index (χ0) is 25.1. The minimum absolute atomic E-state index is 0.0768. The Balaban J connectivity index is 1.38. The van der Waals surface area contributed by atoms with Gasteiger partial charge in [-0.25, -0.2) is 4.98 Å². The molecule has 1 fully saturated rings. The number of fused-ring (bicyclic) bond motifs is 1. The number of nitro benzene ring substituents is 1. The van der Waals surface area contributed by atoms with Gasteiger partial charge in [0, 0.05) is 30.8 Å². The third-order valence-corrected chi connectivity index (χ3v) is 6.99. The number of ether oxygens (including phenoxy) is 1. The first-order chi connectivity index (χ1) is 17.5. The van der Waals surface area contributed by atoms with Gasteiger partial charge in [0.2, 0.25) is 0 Å². The van der Waals surface area contributed by atoms with E-state index in [-0.39, 0.29) is 16.4 Å². The summed E-state index contributed by atoms with van der Waals surface area (Å²) in [7, 11) is 0. The number of amides is 1. The highest BCUT2D eigenvalue weighted by Gasteiger charge is 2.23. The summed E-state index contributed by atoms with van der Waals surface area (Å²) in [6.07, 6.45) is 0. The first-order valence-electron chi connectivity index (χ1n) is 11.2. The smallest absolute Gasteiger partial charge is 0.270 e. The van der Waals surface area contributed by atoms with Crippen LogP contribution in [0, 0.1) is 10.1 Å². The number of hydrogen-bond donors (Lipinski definition) is 2. The highest BCUT2D eigenvalue weighted by atomic mass is 32.1. The Morgan fingerprint density at radius 3 is 2.61 bits per heavy atom. The quantitative estimate of drug-likeness (QED) is 0.219. The van der Waals surface area contributed by atoms with Crippen LogP contribution in [0.4, 0.5) is 17.1 Å². The molecule has 0 radical (unpaired) electrons. The summed E-state index contributed by atoms with van der Waals surface area (Å²) in [5, 5.41) is 18.0. The number of thiocarbonyl (C=S) groups is 1. The van der Waals surface area contributed by atoms with Crippen molar-refractivity contribution in [2.24, 2.45) is 0 Å². The van der Waals surface area contributed by atoms with Gasteiger partial charge >= 0.3 is 0 Å². The van der Waals surface area contributed by atoms with E-state index in [1.807, 2.05) is 53.4 Å². The van der Waals surface area contributed by atoms with E-state index >= 15 is 0 Å². The predicted molar refractivity (Wildman–Crippen MR) is 145 cm³/mol. The molecule has 1 saturated heterocycles. The summed E-state index contributed by atoms with van der Waals surface area (Å²) in [6.45, 7) is 2.19. The van der Waals surface area contributed by atoms with Gasteiger partial charge in [0.15, 0.2) is 5.11 Å². The second-order valence-electron chi connectivity index (χ2n) is 8.00. The molecule has 0 saturated carbocycles. The zero-order valence-corrected chi connectivity index (χ0v) is 20.6.